The first kappa shape index (κ1) is 14.0. The van der Waals surface area contributed by atoms with Crippen molar-refractivity contribution >= 4 is 27.5 Å². The van der Waals surface area contributed by atoms with Crippen molar-refractivity contribution in [2.75, 3.05) is 11.9 Å². The fourth-order valence-electron chi connectivity index (χ4n) is 1.58. The smallest absolute Gasteiger partial charge is 0.124 e. The number of nitrogens with zero attached hydrogens (tertiary/aromatic N) is 1. The van der Waals surface area contributed by atoms with Crippen LogP contribution in [0.15, 0.2) is 22.7 Å². The summed E-state index contributed by atoms with van der Waals surface area (Å²) in [7, 11) is 2.04. The maximum absolute atomic E-state index is 7.66. The lowest BCUT2D eigenvalue weighted by molar-refractivity contribution is 0.470. The van der Waals surface area contributed by atoms with Gasteiger partial charge in [-0.1, -0.05) is 22.9 Å². The second-order valence-electron chi connectivity index (χ2n) is 4.80. The normalized spacial score (nSPS) is 11.4. The van der Waals surface area contributed by atoms with Crippen LogP contribution in [0.2, 0.25) is 0 Å². The summed E-state index contributed by atoms with van der Waals surface area (Å²) < 4.78 is 0.939. The molecule has 0 unspecified atom stereocenters. The molecule has 94 valence electrons. The number of nitrogens with one attached hydrogen (secondary N) is 1. The standard InChI is InChI=1S/C13H20BrN3/c1-5-13(2,3)17(4)11-7-6-9(14)8-10(11)12(15)16/h6-8H,5H2,1-4H3,(H3,15,16). The van der Waals surface area contributed by atoms with E-state index in [0.29, 0.717) is 0 Å². The minimum Gasteiger partial charge on any atom is -0.384 e. The molecule has 3 nitrogen and oxygen atoms in total. The third-order valence-electron chi connectivity index (χ3n) is 3.38. The maximum Gasteiger partial charge on any atom is 0.124 e. The highest BCUT2D eigenvalue weighted by molar-refractivity contribution is 9.10. The first-order valence-corrected chi connectivity index (χ1v) is 6.46. The first-order valence-electron chi connectivity index (χ1n) is 5.67. The van der Waals surface area contributed by atoms with E-state index in [1.807, 2.05) is 25.2 Å². The Morgan fingerprint density at radius 1 is 1.47 bits per heavy atom. The van der Waals surface area contributed by atoms with Gasteiger partial charge in [0.15, 0.2) is 0 Å². The highest BCUT2D eigenvalue weighted by Crippen LogP contribution is 2.29. The van der Waals surface area contributed by atoms with Crippen molar-refractivity contribution in [3.05, 3.63) is 28.2 Å². The van der Waals surface area contributed by atoms with Crippen LogP contribution in [0, 0.1) is 5.41 Å². The number of anilines is 1. The highest BCUT2D eigenvalue weighted by atomic mass is 79.9. The van der Waals surface area contributed by atoms with E-state index in [1.54, 1.807) is 0 Å². The molecule has 0 aromatic heterocycles. The van der Waals surface area contributed by atoms with E-state index in [0.717, 1.165) is 22.1 Å². The SMILES string of the molecule is CCC(C)(C)N(C)c1ccc(Br)cc1C(=N)N. The van der Waals surface area contributed by atoms with Crippen LogP contribution in [-0.2, 0) is 0 Å². The minimum atomic E-state index is 0.0397. The zero-order valence-corrected chi connectivity index (χ0v) is 12.4. The van der Waals surface area contributed by atoms with Gasteiger partial charge in [-0.3, -0.25) is 5.41 Å². The molecule has 0 radical (unpaired) electrons. The topological polar surface area (TPSA) is 53.1 Å². The third-order valence-corrected chi connectivity index (χ3v) is 3.88. The Kier molecular flexibility index (Phi) is 4.20. The summed E-state index contributed by atoms with van der Waals surface area (Å²) in [5.41, 5.74) is 7.44. The number of nitrogens with two attached hydrogens (primary N) is 1. The number of benzene rings is 1. The van der Waals surface area contributed by atoms with Crippen molar-refractivity contribution < 1.29 is 0 Å². The van der Waals surface area contributed by atoms with Gasteiger partial charge in [-0.25, -0.2) is 0 Å². The van der Waals surface area contributed by atoms with E-state index in [1.165, 1.54) is 0 Å². The van der Waals surface area contributed by atoms with Crippen LogP contribution in [0.1, 0.15) is 32.8 Å². The lowest BCUT2D eigenvalue weighted by Crippen LogP contribution is -2.41. The van der Waals surface area contributed by atoms with Crippen LogP contribution >= 0.6 is 15.9 Å². The molecule has 1 aromatic carbocycles. The monoisotopic (exact) mass is 297 g/mol. The average molecular weight is 298 g/mol. The average Bonchev–Trinajstić information content (AvgIpc) is 2.28. The third kappa shape index (κ3) is 3.00. The van der Waals surface area contributed by atoms with Gasteiger partial charge in [0.2, 0.25) is 0 Å². The Morgan fingerprint density at radius 3 is 2.53 bits per heavy atom. The second kappa shape index (κ2) is 5.08. The maximum atomic E-state index is 7.66. The lowest BCUT2D eigenvalue weighted by atomic mass is 9.98. The Balaban J connectivity index is 3.26. The molecule has 0 aliphatic rings. The van der Waals surface area contributed by atoms with Gasteiger partial charge in [-0.15, -0.1) is 0 Å². The van der Waals surface area contributed by atoms with Crippen LogP contribution in [0.3, 0.4) is 0 Å². The van der Waals surface area contributed by atoms with Gasteiger partial charge >= 0.3 is 0 Å². The molecule has 0 heterocycles. The first-order chi connectivity index (χ1) is 7.79. The number of halogens is 1. The van der Waals surface area contributed by atoms with E-state index < -0.39 is 0 Å². The molecule has 1 aromatic rings. The van der Waals surface area contributed by atoms with Crippen molar-refractivity contribution in [1.29, 1.82) is 5.41 Å². The van der Waals surface area contributed by atoms with E-state index in [-0.39, 0.29) is 11.4 Å². The Labute approximate surface area is 112 Å². The fraction of sp³-hybridized carbons (Fsp3) is 0.462. The van der Waals surface area contributed by atoms with Crippen LogP contribution < -0.4 is 10.6 Å². The molecule has 0 spiro atoms. The highest BCUT2D eigenvalue weighted by Gasteiger charge is 2.23. The van der Waals surface area contributed by atoms with Crippen LogP contribution in [0.25, 0.3) is 0 Å². The summed E-state index contributed by atoms with van der Waals surface area (Å²) in [5, 5.41) is 7.66. The molecule has 1 rings (SSSR count). The lowest BCUT2D eigenvalue weighted by Gasteiger charge is -2.37. The van der Waals surface area contributed by atoms with Crippen molar-refractivity contribution in [3.63, 3.8) is 0 Å². The zero-order valence-electron chi connectivity index (χ0n) is 10.8. The summed E-state index contributed by atoms with van der Waals surface area (Å²) in [4.78, 5) is 2.18. The van der Waals surface area contributed by atoms with Crippen LogP contribution in [0.4, 0.5) is 5.69 Å². The molecule has 0 aliphatic carbocycles. The Hall–Kier alpha value is -1.03. The molecule has 0 saturated heterocycles. The minimum absolute atomic E-state index is 0.0397. The van der Waals surface area contributed by atoms with Gasteiger partial charge in [-0.05, 0) is 38.5 Å². The number of amidine groups is 1. The van der Waals surface area contributed by atoms with Gasteiger partial charge < -0.3 is 10.6 Å². The van der Waals surface area contributed by atoms with E-state index in [2.05, 4.69) is 41.6 Å². The quantitative estimate of drug-likeness (QED) is 0.661. The van der Waals surface area contributed by atoms with E-state index in [9.17, 15) is 0 Å². The fourth-order valence-corrected chi connectivity index (χ4v) is 1.94. The van der Waals surface area contributed by atoms with Crippen molar-refractivity contribution in [2.24, 2.45) is 5.73 Å². The molecule has 0 amide bonds. The van der Waals surface area contributed by atoms with Crippen molar-refractivity contribution in [1.82, 2.24) is 0 Å². The van der Waals surface area contributed by atoms with Crippen molar-refractivity contribution in [3.8, 4) is 0 Å². The summed E-state index contributed by atoms with van der Waals surface area (Å²) in [5.74, 6) is 0.0973. The predicted octanol–water partition coefficient (Wildman–Crippen LogP) is 3.36. The molecular weight excluding hydrogens is 278 g/mol. The van der Waals surface area contributed by atoms with Gasteiger partial charge in [0.05, 0.1) is 0 Å². The molecule has 0 atom stereocenters. The molecule has 0 saturated carbocycles. The van der Waals surface area contributed by atoms with Crippen LogP contribution in [0.5, 0.6) is 0 Å². The largest absolute Gasteiger partial charge is 0.384 e. The summed E-state index contributed by atoms with van der Waals surface area (Å²) in [6.45, 7) is 6.51. The summed E-state index contributed by atoms with van der Waals surface area (Å²) >= 11 is 3.41. The number of hydrogen-bond acceptors (Lipinski definition) is 2. The van der Waals surface area contributed by atoms with Gasteiger partial charge in [0.25, 0.3) is 0 Å². The van der Waals surface area contributed by atoms with Crippen LogP contribution in [-0.4, -0.2) is 18.4 Å². The summed E-state index contributed by atoms with van der Waals surface area (Å²) in [6.07, 6.45) is 1.02. The van der Waals surface area contributed by atoms with Gasteiger partial charge in [-0.2, -0.15) is 0 Å². The molecule has 4 heteroatoms. The number of nitrogen functional groups attached to an aromatic ring is 1. The Bertz CT molecular complexity index is 427. The number of rotatable bonds is 4. The summed E-state index contributed by atoms with van der Waals surface area (Å²) in [6, 6.07) is 5.86. The van der Waals surface area contributed by atoms with Gasteiger partial charge in [0.1, 0.15) is 5.84 Å². The second-order valence-corrected chi connectivity index (χ2v) is 5.72. The van der Waals surface area contributed by atoms with E-state index >= 15 is 0 Å². The molecule has 17 heavy (non-hydrogen) atoms. The predicted molar refractivity (Wildman–Crippen MR) is 77.9 cm³/mol. The molecular formula is C13H20BrN3. The molecule has 0 aliphatic heterocycles. The molecule has 3 N–H and O–H groups in total. The zero-order chi connectivity index (χ0) is 13.2. The van der Waals surface area contributed by atoms with Crippen molar-refractivity contribution in [2.45, 2.75) is 32.7 Å². The number of hydrogen-bond donors (Lipinski definition) is 2. The Morgan fingerprint density at radius 2 is 2.06 bits per heavy atom. The molecule has 0 fully saturated rings. The van der Waals surface area contributed by atoms with Gasteiger partial charge in [0, 0.05) is 28.3 Å². The molecule has 0 bridgehead atoms. The van der Waals surface area contributed by atoms with E-state index in [4.69, 9.17) is 11.1 Å².